The van der Waals surface area contributed by atoms with Crippen molar-refractivity contribution in [1.82, 2.24) is 14.9 Å². The second-order valence-electron chi connectivity index (χ2n) is 6.21. The quantitative estimate of drug-likeness (QED) is 0.940. The van der Waals surface area contributed by atoms with Crippen molar-refractivity contribution in [2.24, 2.45) is 5.92 Å². The first kappa shape index (κ1) is 15.6. The number of hydrogen-bond donors (Lipinski definition) is 1. The van der Waals surface area contributed by atoms with Crippen molar-refractivity contribution in [3.05, 3.63) is 47.9 Å². The molecule has 120 valence electrons. The molecule has 1 atom stereocenters. The van der Waals surface area contributed by atoms with Crippen LogP contribution >= 0.6 is 0 Å². The van der Waals surface area contributed by atoms with Gasteiger partial charge < -0.3 is 10.0 Å². The fourth-order valence-corrected chi connectivity index (χ4v) is 3.24. The molecule has 3 rings (SSSR count). The van der Waals surface area contributed by atoms with Gasteiger partial charge in [0.15, 0.2) is 0 Å². The first-order chi connectivity index (χ1) is 11.1. The largest absolute Gasteiger partial charge is 0.478 e. The summed E-state index contributed by atoms with van der Waals surface area (Å²) in [5, 5.41) is 9.01. The van der Waals surface area contributed by atoms with Gasteiger partial charge in [0.1, 0.15) is 0 Å². The molecule has 2 aromatic rings. The van der Waals surface area contributed by atoms with E-state index in [-0.39, 0.29) is 5.56 Å². The Kier molecular flexibility index (Phi) is 4.67. The third-order valence-corrected chi connectivity index (χ3v) is 4.38. The lowest BCUT2D eigenvalue weighted by Crippen LogP contribution is -2.33. The molecule has 1 aromatic carbocycles. The number of carboxylic acid groups (broad SMARTS) is 1. The van der Waals surface area contributed by atoms with E-state index in [2.05, 4.69) is 21.9 Å². The maximum atomic E-state index is 11.0. The summed E-state index contributed by atoms with van der Waals surface area (Å²) in [7, 11) is 2.16. The highest BCUT2D eigenvalue weighted by atomic mass is 16.4. The molecule has 0 amide bonds. The van der Waals surface area contributed by atoms with Crippen molar-refractivity contribution >= 4 is 5.97 Å². The van der Waals surface area contributed by atoms with Gasteiger partial charge in [0.25, 0.3) is 0 Å². The zero-order valence-corrected chi connectivity index (χ0v) is 13.3. The molecule has 1 aliphatic rings. The summed E-state index contributed by atoms with van der Waals surface area (Å²) < 4.78 is 0. The fourth-order valence-electron chi connectivity index (χ4n) is 3.24. The molecule has 1 fully saturated rings. The van der Waals surface area contributed by atoms with Crippen LogP contribution in [0.4, 0.5) is 0 Å². The van der Waals surface area contributed by atoms with E-state index < -0.39 is 5.97 Å². The lowest BCUT2D eigenvalue weighted by atomic mass is 9.92. The second kappa shape index (κ2) is 6.87. The van der Waals surface area contributed by atoms with Crippen molar-refractivity contribution in [2.45, 2.75) is 19.3 Å². The van der Waals surface area contributed by atoms with E-state index in [9.17, 15) is 4.79 Å². The summed E-state index contributed by atoms with van der Waals surface area (Å²) in [5.74, 6) is -0.316. The minimum absolute atomic E-state index is 0.285. The van der Waals surface area contributed by atoms with Gasteiger partial charge >= 0.3 is 5.97 Å². The van der Waals surface area contributed by atoms with Crippen LogP contribution in [0.15, 0.2) is 36.7 Å². The third-order valence-electron chi connectivity index (χ3n) is 4.38. The first-order valence-electron chi connectivity index (χ1n) is 7.95. The summed E-state index contributed by atoms with van der Waals surface area (Å²) in [6.07, 6.45) is 6.78. The van der Waals surface area contributed by atoms with Gasteiger partial charge in [-0.05, 0) is 50.9 Å². The highest BCUT2D eigenvalue weighted by molar-refractivity contribution is 5.88. The molecule has 1 N–H and O–H groups in total. The van der Waals surface area contributed by atoms with Crippen LogP contribution in [0.25, 0.3) is 11.3 Å². The zero-order chi connectivity index (χ0) is 16.2. The number of aromatic nitrogens is 2. The van der Waals surface area contributed by atoms with Crippen molar-refractivity contribution < 1.29 is 9.90 Å². The van der Waals surface area contributed by atoms with E-state index in [1.165, 1.54) is 19.4 Å². The maximum absolute atomic E-state index is 11.0. The van der Waals surface area contributed by atoms with Crippen LogP contribution < -0.4 is 0 Å². The van der Waals surface area contributed by atoms with E-state index >= 15 is 0 Å². The summed E-state index contributed by atoms with van der Waals surface area (Å²) in [5.41, 5.74) is 3.06. The average molecular weight is 311 g/mol. The molecule has 2 heterocycles. The third kappa shape index (κ3) is 3.74. The highest BCUT2D eigenvalue weighted by Crippen LogP contribution is 2.25. The summed E-state index contributed by atoms with van der Waals surface area (Å²) in [4.78, 5) is 22.4. The number of carbonyl (C=O) groups is 1. The van der Waals surface area contributed by atoms with Gasteiger partial charge in [-0.3, -0.25) is 9.97 Å². The van der Waals surface area contributed by atoms with E-state index in [4.69, 9.17) is 5.11 Å². The maximum Gasteiger partial charge on any atom is 0.335 e. The topological polar surface area (TPSA) is 66.3 Å². The predicted molar refractivity (Wildman–Crippen MR) is 88.4 cm³/mol. The van der Waals surface area contributed by atoms with Crippen LogP contribution in [0.5, 0.6) is 0 Å². The van der Waals surface area contributed by atoms with Crippen molar-refractivity contribution in [1.29, 1.82) is 0 Å². The minimum atomic E-state index is -0.916. The number of aromatic carboxylic acids is 1. The Morgan fingerprint density at radius 3 is 2.70 bits per heavy atom. The molecule has 0 radical (unpaired) electrons. The molecule has 0 bridgehead atoms. The Morgan fingerprint density at radius 1 is 1.26 bits per heavy atom. The molecule has 5 nitrogen and oxygen atoms in total. The molecule has 0 aliphatic carbocycles. The van der Waals surface area contributed by atoms with Crippen LogP contribution in [-0.4, -0.2) is 46.1 Å². The molecule has 0 saturated carbocycles. The van der Waals surface area contributed by atoms with Gasteiger partial charge in [0.05, 0.1) is 17.0 Å². The van der Waals surface area contributed by atoms with Gasteiger partial charge in [0.2, 0.25) is 0 Å². The first-order valence-corrected chi connectivity index (χ1v) is 7.95. The molecule has 1 aromatic heterocycles. The van der Waals surface area contributed by atoms with E-state index in [1.54, 1.807) is 24.5 Å². The van der Waals surface area contributed by atoms with E-state index in [0.29, 0.717) is 5.92 Å². The van der Waals surface area contributed by atoms with Crippen LogP contribution in [0.1, 0.15) is 28.9 Å². The van der Waals surface area contributed by atoms with Crippen LogP contribution in [0, 0.1) is 5.92 Å². The number of piperidine rings is 1. The predicted octanol–water partition coefficient (Wildman–Crippen LogP) is 2.73. The molecule has 5 heteroatoms. The summed E-state index contributed by atoms with van der Waals surface area (Å²) in [6, 6.07) is 6.85. The standard InChI is InChI=1S/C18H21N3O2/c1-21-10-2-3-13(12-21)11-16-17(20-9-8-19-16)14-4-6-15(7-5-14)18(22)23/h4-9,13H,2-3,10-12H2,1H3,(H,22,23)/t13-/m0/s1. The molecular formula is C18H21N3O2. The van der Waals surface area contributed by atoms with Crippen LogP contribution in [0.3, 0.4) is 0 Å². The Hall–Kier alpha value is -2.27. The van der Waals surface area contributed by atoms with E-state index in [0.717, 1.165) is 29.9 Å². The van der Waals surface area contributed by atoms with Crippen molar-refractivity contribution in [2.75, 3.05) is 20.1 Å². The Bertz CT molecular complexity index is 685. The Morgan fingerprint density at radius 2 is 2.00 bits per heavy atom. The monoisotopic (exact) mass is 311 g/mol. The van der Waals surface area contributed by atoms with Gasteiger partial charge in [-0.25, -0.2) is 4.79 Å². The van der Waals surface area contributed by atoms with E-state index in [1.807, 2.05) is 12.1 Å². The molecule has 1 saturated heterocycles. The molecular weight excluding hydrogens is 290 g/mol. The molecule has 23 heavy (non-hydrogen) atoms. The molecule has 0 unspecified atom stereocenters. The van der Waals surface area contributed by atoms with Crippen LogP contribution in [0.2, 0.25) is 0 Å². The zero-order valence-electron chi connectivity index (χ0n) is 13.3. The SMILES string of the molecule is CN1CCC[C@@H](Cc2nccnc2-c2ccc(C(=O)O)cc2)C1. The minimum Gasteiger partial charge on any atom is -0.478 e. The van der Waals surface area contributed by atoms with Gasteiger partial charge in [-0.1, -0.05) is 12.1 Å². The lowest BCUT2D eigenvalue weighted by Gasteiger charge is -2.29. The summed E-state index contributed by atoms with van der Waals surface area (Å²) >= 11 is 0. The lowest BCUT2D eigenvalue weighted by molar-refractivity contribution is 0.0697. The van der Waals surface area contributed by atoms with Gasteiger partial charge in [-0.2, -0.15) is 0 Å². The highest BCUT2D eigenvalue weighted by Gasteiger charge is 2.20. The summed E-state index contributed by atoms with van der Waals surface area (Å²) in [6.45, 7) is 2.26. The number of benzene rings is 1. The number of rotatable bonds is 4. The number of carboxylic acids is 1. The van der Waals surface area contributed by atoms with Gasteiger partial charge in [0, 0.05) is 24.5 Å². The van der Waals surface area contributed by atoms with Gasteiger partial charge in [-0.15, -0.1) is 0 Å². The van der Waals surface area contributed by atoms with Crippen LogP contribution in [-0.2, 0) is 6.42 Å². The smallest absolute Gasteiger partial charge is 0.335 e. The Labute approximate surface area is 136 Å². The number of likely N-dealkylation sites (tertiary alicyclic amines) is 1. The molecule has 0 spiro atoms. The number of hydrogen-bond acceptors (Lipinski definition) is 4. The number of nitrogens with zero attached hydrogens (tertiary/aromatic N) is 3. The molecule has 1 aliphatic heterocycles. The Balaban J connectivity index is 1.84. The van der Waals surface area contributed by atoms with Crippen molar-refractivity contribution in [3.63, 3.8) is 0 Å². The normalized spacial score (nSPS) is 18.7. The average Bonchev–Trinajstić information content (AvgIpc) is 2.55. The second-order valence-corrected chi connectivity index (χ2v) is 6.21. The fraction of sp³-hybridized carbons (Fsp3) is 0.389. The van der Waals surface area contributed by atoms with Crippen molar-refractivity contribution in [3.8, 4) is 11.3 Å².